The zero-order valence-corrected chi connectivity index (χ0v) is 17.0. The van der Waals surface area contributed by atoms with Gasteiger partial charge < -0.3 is 0 Å². The lowest BCUT2D eigenvalue weighted by atomic mass is 9.87. The smallest absolute Gasteiger partial charge is 0.145 e. The number of hydrazone groups is 1. The number of hydrogen-bond donors (Lipinski definition) is 1. The van der Waals surface area contributed by atoms with Crippen LogP contribution in [0.15, 0.2) is 58.6 Å². The number of aliphatic imine (C=N–C) groups is 1. The normalized spacial score (nSPS) is 14.7. The van der Waals surface area contributed by atoms with Gasteiger partial charge in [-0.25, -0.2) is 4.99 Å². The predicted molar refractivity (Wildman–Crippen MR) is 115 cm³/mol. The van der Waals surface area contributed by atoms with Crippen molar-refractivity contribution in [2.24, 2.45) is 27.8 Å². The first kappa shape index (κ1) is 20.2. The minimum atomic E-state index is 0.408. The summed E-state index contributed by atoms with van der Waals surface area (Å²) in [6, 6.07) is 16.0. The number of nitrogens with zero attached hydrogens (tertiary/aromatic N) is 2. The summed E-state index contributed by atoms with van der Waals surface area (Å²) < 4.78 is 0. The van der Waals surface area contributed by atoms with E-state index in [-0.39, 0.29) is 0 Å². The maximum atomic E-state index is 6.56. The molecule has 26 heavy (non-hydrogen) atoms. The highest BCUT2D eigenvalue weighted by molar-refractivity contribution is 6.36. The molecule has 138 valence electrons. The molecule has 0 aromatic heterocycles. The van der Waals surface area contributed by atoms with Gasteiger partial charge in [-0.3, -0.25) is 5.43 Å². The molecule has 0 radical (unpaired) electrons. The van der Waals surface area contributed by atoms with E-state index in [9.17, 15) is 0 Å². The van der Waals surface area contributed by atoms with Crippen LogP contribution in [0, 0.1) is 17.8 Å². The summed E-state index contributed by atoms with van der Waals surface area (Å²) in [5, 5.41) is 5.00. The van der Waals surface area contributed by atoms with E-state index >= 15 is 0 Å². The molecule has 2 rings (SSSR count). The Labute approximate surface area is 162 Å². The molecule has 1 unspecified atom stereocenters. The van der Waals surface area contributed by atoms with Gasteiger partial charge in [0.25, 0.3) is 0 Å². The fourth-order valence-electron chi connectivity index (χ4n) is 2.60. The van der Waals surface area contributed by atoms with E-state index in [1.54, 1.807) is 0 Å². The van der Waals surface area contributed by atoms with Crippen LogP contribution in [0.1, 0.15) is 34.6 Å². The second-order valence-corrected chi connectivity index (χ2v) is 7.42. The van der Waals surface area contributed by atoms with Crippen molar-refractivity contribution in [1.82, 2.24) is 0 Å². The lowest BCUT2D eigenvalue weighted by Crippen LogP contribution is -2.15. The van der Waals surface area contributed by atoms with Crippen molar-refractivity contribution < 1.29 is 0 Å². The van der Waals surface area contributed by atoms with Gasteiger partial charge >= 0.3 is 0 Å². The average molecular weight is 370 g/mol. The Kier molecular flexibility index (Phi) is 7.40. The molecular weight excluding hydrogens is 342 g/mol. The minimum Gasteiger partial charge on any atom is -0.275 e. The molecule has 0 aliphatic rings. The number of nitrogens with one attached hydrogen (secondary N) is 1. The van der Waals surface area contributed by atoms with Crippen LogP contribution in [-0.2, 0) is 0 Å². The van der Waals surface area contributed by atoms with Crippen LogP contribution in [0.5, 0.6) is 0 Å². The third kappa shape index (κ3) is 5.43. The summed E-state index contributed by atoms with van der Waals surface area (Å²) in [5.74, 6) is 2.29. The zero-order chi connectivity index (χ0) is 19.1. The number of hydrogen-bond acceptors (Lipinski definition) is 2. The van der Waals surface area contributed by atoms with E-state index in [2.05, 4.69) is 43.2 Å². The van der Waals surface area contributed by atoms with Gasteiger partial charge in [0.1, 0.15) is 5.84 Å². The van der Waals surface area contributed by atoms with Crippen molar-refractivity contribution in [3.05, 3.63) is 53.6 Å². The SMILES string of the molecule is C/C(N=CC(C)[C@H](C)C(C)C)=N\Nc1cccc(-c2ccccc2)c1Cl. The fraction of sp³-hybridized carbons (Fsp3) is 0.364. The quantitative estimate of drug-likeness (QED) is 0.341. The third-order valence-corrected chi connectivity index (χ3v) is 5.21. The van der Waals surface area contributed by atoms with Crippen molar-refractivity contribution in [2.45, 2.75) is 34.6 Å². The molecule has 0 spiro atoms. The summed E-state index contributed by atoms with van der Waals surface area (Å²) in [5.41, 5.74) is 5.87. The highest BCUT2D eigenvalue weighted by Gasteiger charge is 2.13. The molecule has 1 N–H and O–H groups in total. The van der Waals surface area contributed by atoms with Crippen LogP contribution in [0.2, 0.25) is 5.02 Å². The van der Waals surface area contributed by atoms with Crippen LogP contribution in [0.25, 0.3) is 11.1 Å². The van der Waals surface area contributed by atoms with Crippen LogP contribution in [0.3, 0.4) is 0 Å². The Hall–Kier alpha value is -2.13. The van der Waals surface area contributed by atoms with Crippen molar-refractivity contribution >= 4 is 29.3 Å². The molecule has 0 aliphatic heterocycles. The van der Waals surface area contributed by atoms with Crippen LogP contribution < -0.4 is 5.43 Å². The van der Waals surface area contributed by atoms with Gasteiger partial charge in [-0.15, -0.1) is 0 Å². The second-order valence-electron chi connectivity index (χ2n) is 7.04. The second kappa shape index (κ2) is 9.54. The highest BCUT2D eigenvalue weighted by Crippen LogP contribution is 2.33. The van der Waals surface area contributed by atoms with Crippen molar-refractivity contribution in [2.75, 3.05) is 5.43 Å². The maximum absolute atomic E-state index is 6.56. The maximum Gasteiger partial charge on any atom is 0.145 e. The van der Waals surface area contributed by atoms with Gasteiger partial charge in [-0.1, -0.05) is 81.8 Å². The molecule has 4 heteroatoms. The summed E-state index contributed by atoms with van der Waals surface area (Å²) in [7, 11) is 0. The lowest BCUT2D eigenvalue weighted by molar-refractivity contribution is 0.362. The zero-order valence-electron chi connectivity index (χ0n) is 16.2. The molecular formula is C22H28ClN3. The van der Waals surface area contributed by atoms with Gasteiger partial charge in [-0.2, -0.15) is 5.10 Å². The van der Waals surface area contributed by atoms with Crippen LogP contribution >= 0.6 is 11.6 Å². The first-order valence-corrected chi connectivity index (χ1v) is 9.46. The standard InChI is InChI=1S/C22H28ClN3/c1-15(2)17(4)16(3)14-24-18(5)25-26-21-13-9-12-20(22(21)23)19-10-7-6-8-11-19/h6-17,26H,1-5H3/b24-14?,25-18+/t16?,17-/m1/s1. The van der Waals surface area contributed by atoms with Gasteiger partial charge in [0.05, 0.1) is 10.7 Å². The largest absolute Gasteiger partial charge is 0.275 e. The highest BCUT2D eigenvalue weighted by atomic mass is 35.5. The molecule has 0 saturated heterocycles. The van der Waals surface area contributed by atoms with Gasteiger partial charge in [0.2, 0.25) is 0 Å². The molecule has 2 aromatic rings. The molecule has 0 saturated carbocycles. The van der Waals surface area contributed by atoms with E-state index in [0.29, 0.717) is 28.6 Å². The first-order valence-electron chi connectivity index (χ1n) is 9.08. The Morgan fingerprint density at radius 3 is 2.35 bits per heavy atom. The minimum absolute atomic E-state index is 0.408. The number of halogens is 1. The fourth-order valence-corrected chi connectivity index (χ4v) is 2.87. The van der Waals surface area contributed by atoms with Gasteiger partial charge in [-0.05, 0) is 36.3 Å². The van der Waals surface area contributed by atoms with Crippen molar-refractivity contribution in [3.8, 4) is 11.1 Å². The average Bonchev–Trinajstić information content (AvgIpc) is 2.65. The van der Waals surface area contributed by atoms with E-state index < -0.39 is 0 Å². The first-order chi connectivity index (χ1) is 12.4. The molecule has 0 heterocycles. The molecule has 0 fully saturated rings. The van der Waals surface area contributed by atoms with Gasteiger partial charge in [0.15, 0.2) is 0 Å². The monoisotopic (exact) mass is 369 g/mol. The topological polar surface area (TPSA) is 36.8 Å². The van der Waals surface area contributed by atoms with Crippen LogP contribution in [-0.4, -0.2) is 12.1 Å². The van der Waals surface area contributed by atoms with E-state index in [0.717, 1.165) is 16.8 Å². The summed E-state index contributed by atoms with van der Waals surface area (Å²) in [4.78, 5) is 4.47. The summed E-state index contributed by atoms with van der Waals surface area (Å²) in [6.07, 6.45) is 1.98. The molecule has 0 amide bonds. The predicted octanol–water partition coefficient (Wildman–Crippen LogP) is 6.75. The van der Waals surface area contributed by atoms with Crippen LogP contribution in [0.4, 0.5) is 5.69 Å². The molecule has 0 aliphatic carbocycles. The van der Waals surface area contributed by atoms with Crippen molar-refractivity contribution in [3.63, 3.8) is 0 Å². The molecule has 0 bridgehead atoms. The number of rotatable bonds is 6. The summed E-state index contributed by atoms with van der Waals surface area (Å²) >= 11 is 6.56. The third-order valence-electron chi connectivity index (χ3n) is 4.80. The Morgan fingerprint density at radius 1 is 1.00 bits per heavy atom. The van der Waals surface area contributed by atoms with Crippen molar-refractivity contribution in [1.29, 1.82) is 0 Å². The summed E-state index contributed by atoms with van der Waals surface area (Å²) in [6.45, 7) is 10.8. The Morgan fingerprint density at radius 2 is 1.69 bits per heavy atom. The van der Waals surface area contributed by atoms with E-state index in [1.807, 2.05) is 61.7 Å². The molecule has 2 aromatic carbocycles. The molecule has 2 atom stereocenters. The lowest BCUT2D eigenvalue weighted by Gasteiger charge is -2.19. The Balaban J connectivity index is 2.10. The number of benzene rings is 2. The van der Waals surface area contributed by atoms with Gasteiger partial charge in [0, 0.05) is 11.8 Å². The Bertz CT molecular complexity index is 766. The number of amidine groups is 1. The number of anilines is 1. The van der Waals surface area contributed by atoms with E-state index in [1.165, 1.54) is 0 Å². The van der Waals surface area contributed by atoms with E-state index in [4.69, 9.17) is 11.6 Å². The molecule has 3 nitrogen and oxygen atoms in total.